The van der Waals surface area contributed by atoms with Crippen molar-refractivity contribution < 1.29 is 5.11 Å². The molecule has 0 aliphatic heterocycles. The van der Waals surface area contributed by atoms with Gasteiger partial charge < -0.3 is 10.0 Å². The van der Waals surface area contributed by atoms with Gasteiger partial charge in [-0.25, -0.2) is 0 Å². The van der Waals surface area contributed by atoms with Crippen molar-refractivity contribution in [3.63, 3.8) is 0 Å². The zero-order valence-electron chi connectivity index (χ0n) is 11.4. The molecule has 0 heterocycles. The second-order valence-electron chi connectivity index (χ2n) is 4.78. The molecule has 19 heavy (non-hydrogen) atoms. The molecular weight excluding hydrogens is 302 g/mol. The highest BCUT2D eigenvalue weighted by molar-refractivity contribution is 9.10. The number of hydrogen-bond donors (Lipinski definition) is 1. The van der Waals surface area contributed by atoms with Crippen molar-refractivity contribution in [2.75, 3.05) is 11.9 Å². The van der Waals surface area contributed by atoms with Gasteiger partial charge >= 0.3 is 0 Å². The normalized spacial score (nSPS) is 12.3. The Morgan fingerprint density at radius 1 is 1.16 bits per heavy atom. The molecule has 2 rings (SSSR count). The van der Waals surface area contributed by atoms with Crippen molar-refractivity contribution >= 4 is 27.3 Å². The Labute approximate surface area is 122 Å². The smallest absolute Gasteiger partial charge is 0.0782 e. The van der Waals surface area contributed by atoms with E-state index in [-0.39, 0.29) is 0 Å². The van der Waals surface area contributed by atoms with Gasteiger partial charge in [0.15, 0.2) is 0 Å². The van der Waals surface area contributed by atoms with Crippen molar-refractivity contribution in [3.05, 3.63) is 58.1 Å². The molecule has 1 unspecified atom stereocenters. The number of halogens is 1. The van der Waals surface area contributed by atoms with Crippen molar-refractivity contribution in [1.82, 2.24) is 0 Å². The van der Waals surface area contributed by atoms with Gasteiger partial charge in [0.1, 0.15) is 0 Å². The van der Waals surface area contributed by atoms with Crippen molar-refractivity contribution in [2.24, 2.45) is 0 Å². The molecule has 2 aromatic carbocycles. The van der Waals surface area contributed by atoms with Gasteiger partial charge in [-0.2, -0.15) is 0 Å². The summed E-state index contributed by atoms with van der Waals surface area (Å²) in [7, 11) is 2.02. The van der Waals surface area contributed by atoms with Crippen LogP contribution in [0.5, 0.6) is 0 Å². The Morgan fingerprint density at radius 3 is 2.53 bits per heavy atom. The molecule has 0 spiro atoms. The van der Waals surface area contributed by atoms with Gasteiger partial charge in [0.2, 0.25) is 0 Å². The third kappa shape index (κ3) is 3.17. The van der Waals surface area contributed by atoms with Crippen LogP contribution in [0, 0.1) is 6.92 Å². The van der Waals surface area contributed by atoms with Gasteiger partial charge in [-0.05, 0) is 49.7 Å². The first-order chi connectivity index (χ1) is 8.99. The molecule has 3 heteroatoms. The molecule has 2 nitrogen and oxygen atoms in total. The summed E-state index contributed by atoms with van der Waals surface area (Å²) >= 11 is 3.45. The number of hydrogen-bond acceptors (Lipinski definition) is 2. The minimum atomic E-state index is -0.500. The minimum absolute atomic E-state index is 0.500. The molecule has 0 radical (unpaired) electrons. The van der Waals surface area contributed by atoms with Gasteiger partial charge in [0, 0.05) is 28.5 Å². The van der Waals surface area contributed by atoms with E-state index in [9.17, 15) is 5.11 Å². The van der Waals surface area contributed by atoms with Crippen LogP contribution in [-0.2, 0) is 0 Å². The summed E-state index contributed by atoms with van der Waals surface area (Å²) in [5.74, 6) is 0. The Morgan fingerprint density at radius 2 is 1.89 bits per heavy atom. The topological polar surface area (TPSA) is 23.5 Å². The molecule has 0 bridgehead atoms. The molecule has 2 aromatic rings. The van der Waals surface area contributed by atoms with Gasteiger partial charge in [-0.15, -0.1) is 0 Å². The maximum Gasteiger partial charge on any atom is 0.0782 e. The molecule has 1 atom stereocenters. The molecule has 0 saturated carbocycles. The van der Waals surface area contributed by atoms with E-state index in [1.165, 1.54) is 5.56 Å². The van der Waals surface area contributed by atoms with Gasteiger partial charge in [0.25, 0.3) is 0 Å². The van der Waals surface area contributed by atoms with E-state index in [1.54, 1.807) is 6.92 Å². The summed E-state index contributed by atoms with van der Waals surface area (Å²) < 4.78 is 0.977. The number of aryl methyl sites for hydroxylation is 1. The molecule has 0 amide bonds. The van der Waals surface area contributed by atoms with Crippen molar-refractivity contribution in [2.45, 2.75) is 20.0 Å². The molecule has 0 aromatic heterocycles. The third-order valence-corrected chi connectivity index (χ3v) is 3.68. The van der Waals surface area contributed by atoms with Crippen LogP contribution in [0.2, 0.25) is 0 Å². The summed E-state index contributed by atoms with van der Waals surface area (Å²) in [6.45, 7) is 3.86. The molecule has 0 aliphatic carbocycles. The number of benzene rings is 2. The number of rotatable bonds is 3. The van der Waals surface area contributed by atoms with E-state index in [2.05, 4.69) is 46.0 Å². The first-order valence-electron chi connectivity index (χ1n) is 6.27. The van der Waals surface area contributed by atoms with Gasteiger partial charge in [0.05, 0.1) is 6.10 Å². The standard InChI is InChI=1S/C16H18BrNO/c1-11-5-4-6-14(9-11)18(3)16-8-7-13(17)10-15(16)12(2)19/h4-10,12,19H,1-3H3. The average molecular weight is 320 g/mol. The fourth-order valence-corrected chi connectivity index (χ4v) is 2.52. The fraction of sp³-hybridized carbons (Fsp3) is 0.250. The first-order valence-corrected chi connectivity index (χ1v) is 7.06. The predicted octanol–water partition coefficient (Wildman–Crippen LogP) is 4.58. The van der Waals surface area contributed by atoms with Gasteiger partial charge in [-0.1, -0.05) is 28.1 Å². The number of aliphatic hydroxyl groups is 1. The lowest BCUT2D eigenvalue weighted by Crippen LogP contribution is -2.13. The van der Waals surface area contributed by atoms with E-state index < -0.39 is 6.10 Å². The molecule has 0 aliphatic rings. The van der Waals surface area contributed by atoms with Crippen LogP contribution in [0.25, 0.3) is 0 Å². The Hall–Kier alpha value is -1.32. The van der Waals surface area contributed by atoms with Crippen LogP contribution in [0.3, 0.4) is 0 Å². The Kier molecular flexibility index (Phi) is 4.27. The summed E-state index contributed by atoms with van der Waals surface area (Å²) in [5, 5.41) is 9.93. The zero-order chi connectivity index (χ0) is 14.0. The van der Waals surface area contributed by atoms with E-state index in [1.807, 2.05) is 31.3 Å². The van der Waals surface area contributed by atoms with Crippen LogP contribution in [0.1, 0.15) is 24.2 Å². The maximum atomic E-state index is 9.93. The summed E-state index contributed by atoms with van der Waals surface area (Å²) in [4.78, 5) is 2.10. The summed E-state index contributed by atoms with van der Waals surface area (Å²) in [5.41, 5.74) is 4.27. The summed E-state index contributed by atoms with van der Waals surface area (Å²) in [6.07, 6.45) is -0.500. The second kappa shape index (κ2) is 5.76. The highest BCUT2D eigenvalue weighted by atomic mass is 79.9. The van der Waals surface area contributed by atoms with Crippen LogP contribution in [0.15, 0.2) is 46.9 Å². The fourth-order valence-electron chi connectivity index (χ4n) is 2.14. The highest BCUT2D eigenvalue weighted by Gasteiger charge is 2.13. The maximum absolute atomic E-state index is 9.93. The van der Waals surface area contributed by atoms with Crippen LogP contribution < -0.4 is 4.90 Å². The summed E-state index contributed by atoms with van der Waals surface area (Å²) in [6, 6.07) is 14.3. The molecular formula is C16H18BrNO. The largest absolute Gasteiger partial charge is 0.389 e. The number of aliphatic hydroxyl groups excluding tert-OH is 1. The lowest BCUT2D eigenvalue weighted by Gasteiger charge is -2.24. The Balaban J connectivity index is 2.46. The molecule has 100 valence electrons. The monoisotopic (exact) mass is 319 g/mol. The van der Waals surface area contributed by atoms with Crippen LogP contribution >= 0.6 is 15.9 Å². The van der Waals surface area contributed by atoms with E-state index >= 15 is 0 Å². The molecule has 0 fully saturated rings. The molecule has 0 saturated heterocycles. The SMILES string of the molecule is Cc1cccc(N(C)c2ccc(Br)cc2C(C)O)c1. The minimum Gasteiger partial charge on any atom is -0.389 e. The predicted molar refractivity (Wildman–Crippen MR) is 84.0 cm³/mol. The Bertz CT molecular complexity index is 581. The lowest BCUT2D eigenvalue weighted by molar-refractivity contribution is 0.199. The van der Waals surface area contributed by atoms with Crippen LogP contribution in [-0.4, -0.2) is 12.2 Å². The van der Waals surface area contributed by atoms with Crippen molar-refractivity contribution in [1.29, 1.82) is 0 Å². The number of nitrogens with zero attached hydrogens (tertiary/aromatic N) is 1. The van der Waals surface area contributed by atoms with Crippen LogP contribution in [0.4, 0.5) is 11.4 Å². The first kappa shape index (κ1) is 14.1. The average Bonchev–Trinajstić information content (AvgIpc) is 2.37. The van der Waals surface area contributed by atoms with E-state index in [0.29, 0.717) is 0 Å². The number of anilines is 2. The third-order valence-electron chi connectivity index (χ3n) is 3.19. The van der Waals surface area contributed by atoms with E-state index in [0.717, 1.165) is 21.4 Å². The quantitative estimate of drug-likeness (QED) is 0.895. The van der Waals surface area contributed by atoms with E-state index in [4.69, 9.17) is 0 Å². The second-order valence-corrected chi connectivity index (χ2v) is 5.69. The molecule has 1 N–H and O–H groups in total. The van der Waals surface area contributed by atoms with Gasteiger partial charge in [-0.3, -0.25) is 0 Å². The lowest BCUT2D eigenvalue weighted by atomic mass is 10.1. The van der Waals surface area contributed by atoms with Crippen molar-refractivity contribution in [3.8, 4) is 0 Å². The zero-order valence-corrected chi connectivity index (χ0v) is 13.0. The highest BCUT2D eigenvalue weighted by Crippen LogP contribution is 2.33.